The number of carbonyl (C=O) groups is 1. The van der Waals surface area contributed by atoms with Crippen LogP contribution in [-0.2, 0) is 9.16 Å². The molecule has 6 nitrogen and oxygen atoms in total. The Morgan fingerprint density at radius 3 is 3.00 bits per heavy atom. The lowest BCUT2D eigenvalue weighted by Crippen LogP contribution is -2.16. The van der Waals surface area contributed by atoms with E-state index in [9.17, 15) is 4.79 Å². The van der Waals surface area contributed by atoms with Crippen LogP contribution in [0.25, 0.3) is 5.52 Å². The summed E-state index contributed by atoms with van der Waals surface area (Å²) >= 11 is 2.16. The number of halogens is 1. The van der Waals surface area contributed by atoms with Gasteiger partial charge in [0, 0.05) is 4.43 Å². The minimum atomic E-state index is -0.585. The number of carbonyl (C=O) groups excluding carboxylic acids is 1. The lowest BCUT2D eigenvalue weighted by Gasteiger charge is -2.06. The van der Waals surface area contributed by atoms with Crippen molar-refractivity contribution in [3.63, 3.8) is 0 Å². The minimum absolute atomic E-state index is 0.0849. The number of hydrogen-bond acceptors (Lipinski definition) is 5. The molecular weight excluding hydrogens is 334 g/mol. The van der Waals surface area contributed by atoms with Gasteiger partial charge in [-0.15, -0.1) is 0 Å². The molecule has 0 fully saturated rings. The van der Waals surface area contributed by atoms with Gasteiger partial charge in [0.2, 0.25) is 0 Å². The number of alkyl halides is 1. The van der Waals surface area contributed by atoms with E-state index in [1.807, 2.05) is 0 Å². The van der Waals surface area contributed by atoms with Gasteiger partial charge in [0.25, 0.3) is 0 Å². The number of nitrogens with two attached hydrogens (primary N) is 1. The van der Waals surface area contributed by atoms with E-state index in [1.165, 1.54) is 7.11 Å². The number of anilines is 1. The van der Waals surface area contributed by atoms with Crippen LogP contribution < -0.4 is 11.5 Å². The molecule has 2 radical (unpaired) electrons. The lowest BCUT2D eigenvalue weighted by atomic mass is 10.1. The van der Waals surface area contributed by atoms with E-state index < -0.39 is 5.97 Å². The van der Waals surface area contributed by atoms with Crippen LogP contribution in [-0.4, -0.2) is 35.3 Å². The van der Waals surface area contributed by atoms with Crippen molar-refractivity contribution in [3.8, 4) is 0 Å². The number of hydrogen-bond donors (Lipinski definition) is 1. The van der Waals surface area contributed by atoms with Crippen molar-refractivity contribution >= 4 is 53.5 Å². The van der Waals surface area contributed by atoms with Crippen LogP contribution >= 0.6 is 22.6 Å². The summed E-state index contributed by atoms with van der Waals surface area (Å²) in [6.07, 6.45) is 1.61. The first-order valence-corrected chi connectivity index (χ1v) is 6.18. The van der Waals surface area contributed by atoms with Crippen molar-refractivity contribution in [1.29, 1.82) is 0 Å². The zero-order valence-electron chi connectivity index (χ0n) is 8.98. The molecule has 0 amide bonds. The number of aromatic nitrogens is 3. The first-order valence-electron chi connectivity index (χ1n) is 4.65. The zero-order chi connectivity index (χ0) is 12.6. The molecule has 0 aromatic carbocycles. The monoisotopic (exact) mass is 342 g/mol. The molecule has 0 aliphatic carbocycles. The SMILES string of the molecule is [B]c1nc(C(=O)OC)c2c(N)ncc(CI)n12. The molecule has 0 spiro atoms. The van der Waals surface area contributed by atoms with Crippen LogP contribution in [0.2, 0.25) is 0 Å². The smallest absolute Gasteiger partial charge is 0.359 e. The average molecular weight is 342 g/mol. The molecule has 2 heterocycles. The van der Waals surface area contributed by atoms with Crippen molar-refractivity contribution in [2.45, 2.75) is 4.43 Å². The molecule has 17 heavy (non-hydrogen) atoms. The van der Waals surface area contributed by atoms with E-state index in [1.54, 1.807) is 10.6 Å². The summed E-state index contributed by atoms with van der Waals surface area (Å²) in [4.78, 5) is 19.5. The maximum atomic E-state index is 11.6. The Morgan fingerprint density at radius 2 is 2.41 bits per heavy atom. The normalized spacial score (nSPS) is 10.7. The quantitative estimate of drug-likeness (QED) is 0.355. The third-order valence-electron chi connectivity index (χ3n) is 2.30. The largest absolute Gasteiger partial charge is 0.464 e. The first kappa shape index (κ1) is 12.2. The predicted octanol–water partition coefficient (Wildman–Crippen LogP) is -0.173. The zero-order valence-corrected chi connectivity index (χ0v) is 11.1. The van der Waals surface area contributed by atoms with Gasteiger partial charge in [-0.2, -0.15) is 0 Å². The average Bonchev–Trinajstić information content (AvgIpc) is 2.68. The van der Waals surface area contributed by atoms with Crippen LogP contribution in [0.3, 0.4) is 0 Å². The molecule has 0 aliphatic rings. The Kier molecular flexibility index (Phi) is 3.23. The highest BCUT2D eigenvalue weighted by molar-refractivity contribution is 14.1. The van der Waals surface area contributed by atoms with Gasteiger partial charge in [0.1, 0.15) is 11.3 Å². The van der Waals surface area contributed by atoms with Gasteiger partial charge in [0.15, 0.2) is 13.5 Å². The van der Waals surface area contributed by atoms with E-state index in [0.29, 0.717) is 9.94 Å². The molecule has 0 saturated heterocycles. The van der Waals surface area contributed by atoms with Gasteiger partial charge in [-0.1, -0.05) is 22.6 Å². The summed E-state index contributed by atoms with van der Waals surface area (Å²) in [5.74, 6) is -0.387. The molecule has 0 saturated carbocycles. The van der Waals surface area contributed by atoms with Gasteiger partial charge >= 0.3 is 5.97 Å². The highest BCUT2D eigenvalue weighted by Gasteiger charge is 2.20. The van der Waals surface area contributed by atoms with Gasteiger partial charge < -0.3 is 14.9 Å². The summed E-state index contributed by atoms with van der Waals surface area (Å²) in [6.45, 7) is 0. The minimum Gasteiger partial charge on any atom is -0.464 e. The van der Waals surface area contributed by atoms with Crippen LogP contribution in [0.4, 0.5) is 5.82 Å². The Balaban J connectivity index is 2.85. The summed E-state index contributed by atoms with van der Waals surface area (Å²) < 4.78 is 6.91. The lowest BCUT2D eigenvalue weighted by molar-refractivity contribution is 0.0597. The van der Waals surface area contributed by atoms with Gasteiger partial charge in [0.05, 0.1) is 24.7 Å². The third-order valence-corrected chi connectivity index (χ3v) is 3.08. The second kappa shape index (κ2) is 4.51. The number of fused-ring (bicyclic) bond motifs is 1. The topological polar surface area (TPSA) is 82.5 Å². The summed E-state index contributed by atoms with van der Waals surface area (Å²) in [7, 11) is 7.05. The van der Waals surface area contributed by atoms with Crippen molar-refractivity contribution in [3.05, 3.63) is 17.6 Å². The predicted molar refractivity (Wildman–Crippen MR) is 71.9 cm³/mol. The fraction of sp³-hybridized carbons (Fsp3) is 0.222. The molecule has 2 aromatic rings. The Bertz CT molecular complexity index is 598. The molecule has 0 aliphatic heterocycles. The van der Waals surface area contributed by atoms with E-state index >= 15 is 0 Å². The Morgan fingerprint density at radius 1 is 1.71 bits per heavy atom. The van der Waals surface area contributed by atoms with Gasteiger partial charge in [-0.25, -0.2) is 14.8 Å². The van der Waals surface area contributed by atoms with Crippen molar-refractivity contribution in [1.82, 2.24) is 14.4 Å². The van der Waals surface area contributed by atoms with E-state index in [4.69, 9.17) is 13.6 Å². The standard InChI is InChI=1S/C9H8BIN4O2/c1-17-8(16)5-6-7(12)13-3-4(2-11)15(6)9(10)14-5/h3H,2H2,1H3,(H2,12,13). The maximum absolute atomic E-state index is 11.6. The van der Waals surface area contributed by atoms with Crippen molar-refractivity contribution in [2.75, 3.05) is 12.8 Å². The number of imidazole rings is 1. The van der Waals surface area contributed by atoms with Crippen molar-refractivity contribution < 1.29 is 9.53 Å². The van der Waals surface area contributed by atoms with Gasteiger partial charge in [-0.05, 0) is 0 Å². The van der Waals surface area contributed by atoms with E-state index in [2.05, 4.69) is 37.3 Å². The number of nitrogens with zero attached hydrogens (tertiary/aromatic N) is 3. The molecule has 2 rings (SSSR count). The number of nitrogen functional groups attached to an aromatic ring is 1. The first-order chi connectivity index (χ1) is 8.10. The summed E-state index contributed by atoms with van der Waals surface area (Å²) in [5, 5.41) is 0. The third kappa shape index (κ3) is 1.86. The van der Waals surface area contributed by atoms with Crippen LogP contribution in [0.5, 0.6) is 0 Å². The molecule has 86 valence electrons. The molecule has 0 atom stereocenters. The summed E-state index contributed by atoms with van der Waals surface area (Å²) in [6, 6.07) is 0. The van der Waals surface area contributed by atoms with Crippen molar-refractivity contribution in [2.24, 2.45) is 0 Å². The fourth-order valence-corrected chi connectivity index (χ4v) is 2.10. The Labute approximate surface area is 112 Å². The maximum Gasteiger partial charge on any atom is 0.359 e. The van der Waals surface area contributed by atoms with Crippen LogP contribution in [0.1, 0.15) is 16.2 Å². The van der Waals surface area contributed by atoms with Crippen LogP contribution in [0.15, 0.2) is 6.20 Å². The molecule has 2 aromatic heterocycles. The second-order valence-electron chi connectivity index (χ2n) is 3.26. The van der Waals surface area contributed by atoms with Crippen LogP contribution in [0, 0.1) is 0 Å². The number of ether oxygens (including phenoxy) is 1. The highest BCUT2D eigenvalue weighted by atomic mass is 127. The number of rotatable bonds is 2. The fourth-order valence-electron chi connectivity index (χ4n) is 1.56. The molecule has 2 N–H and O–H groups in total. The molecule has 0 bridgehead atoms. The van der Waals surface area contributed by atoms with E-state index in [-0.39, 0.29) is 17.2 Å². The summed E-state index contributed by atoms with van der Waals surface area (Å²) in [5.41, 5.74) is 7.24. The Hall–Kier alpha value is -1.32. The molecular formula is C9H8BIN4O2. The number of esters is 1. The second-order valence-corrected chi connectivity index (χ2v) is 4.03. The number of methoxy groups -OCH3 is 1. The highest BCUT2D eigenvalue weighted by Crippen LogP contribution is 2.18. The van der Waals surface area contributed by atoms with E-state index in [0.717, 1.165) is 5.69 Å². The molecule has 0 unspecified atom stereocenters. The van der Waals surface area contributed by atoms with Gasteiger partial charge in [-0.3, -0.25) is 0 Å². The molecule has 8 heteroatoms.